The average Bonchev–Trinajstić information content (AvgIpc) is 2.83. The quantitative estimate of drug-likeness (QED) is 0.919. The normalized spacial score (nSPS) is 19.6. The van der Waals surface area contributed by atoms with Crippen molar-refractivity contribution in [3.05, 3.63) is 45.6 Å². The van der Waals surface area contributed by atoms with E-state index in [0.717, 1.165) is 0 Å². The maximum atomic E-state index is 10.3. The SMILES string of the molecule is OC(c1sccc1Cl)C1COc2ccccc2O1. The third-order valence-electron chi connectivity index (χ3n) is 2.80. The van der Waals surface area contributed by atoms with Crippen molar-refractivity contribution in [1.82, 2.24) is 0 Å². The molecule has 0 radical (unpaired) electrons. The predicted molar refractivity (Wildman–Crippen MR) is 70.6 cm³/mol. The van der Waals surface area contributed by atoms with Gasteiger partial charge in [0.05, 0.1) is 9.90 Å². The summed E-state index contributed by atoms with van der Waals surface area (Å²) in [6.07, 6.45) is -1.21. The third-order valence-corrected chi connectivity index (χ3v) is 4.23. The van der Waals surface area contributed by atoms with Crippen molar-refractivity contribution in [3.63, 3.8) is 0 Å². The Hall–Kier alpha value is -1.23. The fourth-order valence-electron chi connectivity index (χ4n) is 1.88. The Morgan fingerprint density at radius 1 is 1.28 bits per heavy atom. The van der Waals surface area contributed by atoms with Crippen molar-refractivity contribution in [3.8, 4) is 11.5 Å². The standard InChI is InChI=1S/C13H11ClO3S/c14-8-5-6-18-13(8)12(15)11-7-16-9-3-1-2-4-10(9)17-11/h1-6,11-12,15H,7H2. The molecule has 1 aliphatic rings. The number of ether oxygens (including phenoxy) is 2. The van der Waals surface area contributed by atoms with Crippen LogP contribution in [0.1, 0.15) is 11.0 Å². The second-order valence-electron chi connectivity index (χ2n) is 3.99. The first-order valence-corrected chi connectivity index (χ1v) is 6.81. The van der Waals surface area contributed by atoms with Crippen LogP contribution < -0.4 is 9.47 Å². The van der Waals surface area contributed by atoms with Gasteiger partial charge in [-0.3, -0.25) is 0 Å². The molecule has 0 aliphatic carbocycles. The number of aliphatic hydroxyl groups is 1. The van der Waals surface area contributed by atoms with E-state index in [1.165, 1.54) is 11.3 Å². The lowest BCUT2D eigenvalue weighted by molar-refractivity contribution is -0.00955. The minimum atomic E-state index is -0.772. The van der Waals surface area contributed by atoms with Crippen LogP contribution in [0.4, 0.5) is 0 Å². The Morgan fingerprint density at radius 3 is 2.78 bits per heavy atom. The number of fused-ring (bicyclic) bond motifs is 1. The molecule has 1 aromatic heterocycles. The number of para-hydroxylation sites is 2. The van der Waals surface area contributed by atoms with Gasteiger partial charge in [0.1, 0.15) is 12.7 Å². The lowest BCUT2D eigenvalue weighted by atomic mass is 10.1. The van der Waals surface area contributed by atoms with E-state index in [2.05, 4.69) is 0 Å². The molecule has 1 aliphatic heterocycles. The van der Waals surface area contributed by atoms with Crippen molar-refractivity contribution in [2.75, 3.05) is 6.61 Å². The highest BCUT2D eigenvalue weighted by atomic mass is 35.5. The van der Waals surface area contributed by atoms with Crippen molar-refractivity contribution in [2.45, 2.75) is 12.2 Å². The Kier molecular flexibility index (Phi) is 3.16. The summed E-state index contributed by atoms with van der Waals surface area (Å²) >= 11 is 7.42. The molecule has 0 saturated carbocycles. The fraction of sp³-hybridized carbons (Fsp3) is 0.231. The monoisotopic (exact) mass is 282 g/mol. The molecule has 0 amide bonds. The summed E-state index contributed by atoms with van der Waals surface area (Å²) in [4.78, 5) is 0.713. The molecular formula is C13H11ClO3S. The van der Waals surface area contributed by atoms with Crippen molar-refractivity contribution in [2.24, 2.45) is 0 Å². The molecule has 1 aromatic carbocycles. The van der Waals surface area contributed by atoms with Crippen LogP contribution in [-0.2, 0) is 0 Å². The number of benzene rings is 1. The van der Waals surface area contributed by atoms with Gasteiger partial charge in [-0.25, -0.2) is 0 Å². The molecule has 0 spiro atoms. The van der Waals surface area contributed by atoms with Crippen LogP contribution in [0.3, 0.4) is 0 Å². The Bertz CT molecular complexity index is 555. The Morgan fingerprint density at radius 2 is 2.06 bits per heavy atom. The highest BCUT2D eigenvalue weighted by Gasteiger charge is 2.30. The highest BCUT2D eigenvalue weighted by molar-refractivity contribution is 7.10. The minimum Gasteiger partial charge on any atom is -0.486 e. The molecule has 0 bridgehead atoms. The van der Waals surface area contributed by atoms with E-state index in [1.807, 2.05) is 29.6 Å². The van der Waals surface area contributed by atoms with E-state index in [1.54, 1.807) is 6.07 Å². The predicted octanol–water partition coefficient (Wildman–Crippen LogP) is 3.27. The number of thiophene rings is 1. The van der Waals surface area contributed by atoms with E-state index in [4.69, 9.17) is 21.1 Å². The topological polar surface area (TPSA) is 38.7 Å². The van der Waals surface area contributed by atoms with Crippen LogP contribution in [0.2, 0.25) is 5.02 Å². The maximum absolute atomic E-state index is 10.3. The van der Waals surface area contributed by atoms with Crippen LogP contribution in [0.25, 0.3) is 0 Å². The number of rotatable bonds is 2. The summed E-state index contributed by atoms with van der Waals surface area (Å²) in [5.74, 6) is 1.36. The molecule has 2 heterocycles. The van der Waals surface area contributed by atoms with E-state index >= 15 is 0 Å². The van der Waals surface area contributed by atoms with Crippen LogP contribution in [0, 0.1) is 0 Å². The molecule has 0 fully saturated rings. The number of aliphatic hydroxyl groups excluding tert-OH is 1. The van der Waals surface area contributed by atoms with Gasteiger partial charge in [0.25, 0.3) is 0 Å². The van der Waals surface area contributed by atoms with Crippen LogP contribution in [-0.4, -0.2) is 17.8 Å². The van der Waals surface area contributed by atoms with Gasteiger partial charge in [0.15, 0.2) is 17.6 Å². The van der Waals surface area contributed by atoms with E-state index in [9.17, 15) is 5.11 Å². The summed E-state index contributed by atoms with van der Waals surface area (Å²) in [6.45, 7) is 0.312. The largest absolute Gasteiger partial charge is 0.486 e. The van der Waals surface area contributed by atoms with Gasteiger partial charge in [-0.1, -0.05) is 23.7 Å². The lowest BCUT2D eigenvalue weighted by Gasteiger charge is -2.29. The van der Waals surface area contributed by atoms with Gasteiger partial charge in [0.2, 0.25) is 0 Å². The van der Waals surface area contributed by atoms with Crippen molar-refractivity contribution >= 4 is 22.9 Å². The summed E-state index contributed by atoms with van der Waals surface area (Å²) in [5, 5.41) is 12.7. The molecule has 5 heteroatoms. The van der Waals surface area contributed by atoms with Gasteiger partial charge >= 0.3 is 0 Å². The molecule has 18 heavy (non-hydrogen) atoms. The van der Waals surface area contributed by atoms with Crippen LogP contribution in [0.15, 0.2) is 35.7 Å². The Labute approximate surface area is 114 Å². The van der Waals surface area contributed by atoms with Crippen LogP contribution >= 0.6 is 22.9 Å². The molecule has 1 N–H and O–H groups in total. The summed E-state index contributed by atoms with van der Waals surface area (Å²) in [6, 6.07) is 9.19. The number of hydrogen-bond donors (Lipinski definition) is 1. The van der Waals surface area contributed by atoms with Gasteiger partial charge in [-0.2, -0.15) is 0 Å². The zero-order valence-electron chi connectivity index (χ0n) is 9.38. The minimum absolute atomic E-state index is 0.312. The molecule has 3 nitrogen and oxygen atoms in total. The summed E-state index contributed by atoms with van der Waals surface area (Å²) in [5.41, 5.74) is 0. The maximum Gasteiger partial charge on any atom is 0.163 e. The third kappa shape index (κ3) is 2.07. The molecule has 0 saturated heterocycles. The van der Waals surface area contributed by atoms with E-state index < -0.39 is 12.2 Å². The second kappa shape index (κ2) is 4.80. The first-order valence-electron chi connectivity index (χ1n) is 5.55. The number of halogens is 1. The fourth-order valence-corrected chi connectivity index (χ4v) is 3.08. The summed E-state index contributed by atoms with van der Waals surface area (Å²) < 4.78 is 11.3. The van der Waals surface area contributed by atoms with Crippen molar-refractivity contribution < 1.29 is 14.6 Å². The Balaban J connectivity index is 1.82. The van der Waals surface area contributed by atoms with Crippen molar-refractivity contribution in [1.29, 1.82) is 0 Å². The van der Waals surface area contributed by atoms with Gasteiger partial charge in [-0.15, -0.1) is 11.3 Å². The molecule has 3 rings (SSSR count). The number of hydrogen-bond acceptors (Lipinski definition) is 4. The second-order valence-corrected chi connectivity index (χ2v) is 5.35. The highest BCUT2D eigenvalue weighted by Crippen LogP contribution is 2.37. The first kappa shape index (κ1) is 11.8. The van der Waals surface area contributed by atoms with Gasteiger partial charge < -0.3 is 14.6 Å². The van der Waals surface area contributed by atoms with Gasteiger partial charge in [-0.05, 0) is 23.6 Å². The van der Waals surface area contributed by atoms with Crippen LogP contribution in [0.5, 0.6) is 11.5 Å². The molecule has 2 atom stereocenters. The molecule has 2 aromatic rings. The summed E-state index contributed by atoms with van der Waals surface area (Å²) in [7, 11) is 0. The smallest absolute Gasteiger partial charge is 0.163 e. The zero-order chi connectivity index (χ0) is 12.5. The molecular weight excluding hydrogens is 272 g/mol. The first-order chi connectivity index (χ1) is 8.75. The average molecular weight is 283 g/mol. The van der Waals surface area contributed by atoms with E-state index in [0.29, 0.717) is 28.0 Å². The molecule has 94 valence electrons. The zero-order valence-corrected chi connectivity index (χ0v) is 10.9. The van der Waals surface area contributed by atoms with Gasteiger partial charge in [0, 0.05) is 0 Å². The lowest BCUT2D eigenvalue weighted by Crippen LogP contribution is -2.34. The molecule has 2 unspecified atom stereocenters. The van der Waals surface area contributed by atoms with E-state index in [-0.39, 0.29) is 0 Å².